The highest BCUT2D eigenvalue weighted by molar-refractivity contribution is 6.31. The highest BCUT2D eigenvalue weighted by Crippen LogP contribution is 2.31. The number of Topliss-reactive ketones (excluding diaryl/α,β-unsaturated/α-hetero) is 1. The number of ketones is 1. The molecule has 0 amide bonds. The molecule has 1 heterocycles. The zero-order valence-electron chi connectivity index (χ0n) is 10.2. The number of carbonyl (C=O) groups is 1. The lowest BCUT2D eigenvalue weighted by molar-refractivity contribution is -0.125. The minimum Gasteiger partial charge on any atom is -0.299 e. The molecule has 1 fully saturated rings. The van der Waals surface area contributed by atoms with E-state index in [1.54, 1.807) is 12.4 Å². The first-order valence-electron chi connectivity index (χ1n) is 6.31. The van der Waals surface area contributed by atoms with Gasteiger partial charge in [0.2, 0.25) is 0 Å². The molecule has 92 valence electrons. The van der Waals surface area contributed by atoms with Gasteiger partial charge in [-0.15, -0.1) is 0 Å². The minimum absolute atomic E-state index is 0.161. The smallest absolute Gasteiger partial charge is 0.136 e. The first kappa shape index (κ1) is 12.6. The second kappa shape index (κ2) is 5.63. The summed E-state index contributed by atoms with van der Waals surface area (Å²) < 4.78 is 0. The molecule has 3 heteroatoms. The van der Waals surface area contributed by atoms with Gasteiger partial charge in [-0.1, -0.05) is 24.9 Å². The lowest BCUT2D eigenvalue weighted by Gasteiger charge is -2.27. The van der Waals surface area contributed by atoms with E-state index in [9.17, 15) is 4.79 Å². The van der Waals surface area contributed by atoms with Crippen LogP contribution >= 0.6 is 11.6 Å². The number of rotatable bonds is 3. The molecule has 0 bridgehead atoms. The van der Waals surface area contributed by atoms with Crippen molar-refractivity contribution in [2.75, 3.05) is 0 Å². The third kappa shape index (κ3) is 3.06. The van der Waals surface area contributed by atoms with Crippen LogP contribution in [0.25, 0.3) is 0 Å². The number of aromatic nitrogens is 1. The normalized spacial score (nSPS) is 24.9. The van der Waals surface area contributed by atoms with Gasteiger partial charge < -0.3 is 0 Å². The quantitative estimate of drug-likeness (QED) is 0.820. The van der Waals surface area contributed by atoms with Gasteiger partial charge in [0.1, 0.15) is 5.78 Å². The second-order valence-corrected chi connectivity index (χ2v) is 5.29. The highest BCUT2D eigenvalue weighted by Gasteiger charge is 2.28. The Bertz CT molecular complexity index is 405. The summed E-state index contributed by atoms with van der Waals surface area (Å²) in [4.78, 5) is 15.9. The van der Waals surface area contributed by atoms with Gasteiger partial charge >= 0.3 is 0 Å². The van der Waals surface area contributed by atoms with Crippen molar-refractivity contribution >= 4 is 17.4 Å². The molecule has 1 saturated carbocycles. The molecule has 1 aliphatic rings. The summed E-state index contributed by atoms with van der Waals surface area (Å²) >= 11 is 6.09. The molecule has 2 atom stereocenters. The lowest BCUT2D eigenvalue weighted by atomic mass is 9.77. The van der Waals surface area contributed by atoms with Crippen LogP contribution in [0.5, 0.6) is 0 Å². The van der Waals surface area contributed by atoms with Crippen molar-refractivity contribution in [3.05, 3.63) is 29.0 Å². The van der Waals surface area contributed by atoms with Crippen LogP contribution in [-0.4, -0.2) is 10.8 Å². The molecule has 0 radical (unpaired) electrons. The van der Waals surface area contributed by atoms with Crippen molar-refractivity contribution in [2.24, 2.45) is 11.8 Å². The summed E-state index contributed by atoms with van der Waals surface area (Å²) in [5.74, 6) is 1.27. The first-order chi connectivity index (χ1) is 8.20. The van der Waals surface area contributed by atoms with E-state index in [1.165, 1.54) is 6.42 Å². The van der Waals surface area contributed by atoms with Crippen LogP contribution in [0, 0.1) is 11.8 Å². The minimum atomic E-state index is 0.161. The summed E-state index contributed by atoms with van der Waals surface area (Å²) in [5, 5.41) is 0.680. The number of nitrogens with zero attached hydrogens (tertiary/aromatic N) is 1. The Morgan fingerprint density at radius 2 is 2.35 bits per heavy atom. The molecule has 1 aromatic rings. The number of hydrogen-bond acceptors (Lipinski definition) is 2. The molecular weight excluding hydrogens is 234 g/mol. The predicted molar refractivity (Wildman–Crippen MR) is 69.1 cm³/mol. The number of carbonyl (C=O) groups excluding carboxylic acids is 1. The van der Waals surface area contributed by atoms with Gasteiger partial charge in [-0.2, -0.15) is 0 Å². The number of halogens is 1. The Balaban J connectivity index is 2.07. The molecule has 2 nitrogen and oxygen atoms in total. The van der Waals surface area contributed by atoms with Crippen LogP contribution in [0.1, 0.15) is 38.2 Å². The van der Waals surface area contributed by atoms with Crippen molar-refractivity contribution < 1.29 is 4.79 Å². The van der Waals surface area contributed by atoms with E-state index < -0.39 is 0 Å². The molecule has 2 rings (SSSR count). The van der Waals surface area contributed by atoms with Crippen molar-refractivity contribution in [3.63, 3.8) is 0 Å². The van der Waals surface area contributed by atoms with Crippen LogP contribution in [-0.2, 0) is 11.2 Å². The van der Waals surface area contributed by atoms with Crippen molar-refractivity contribution in [2.45, 2.75) is 39.0 Å². The van der Waals surface area contributed by atoms with Crippen LogP contribution in [0.3, 0.4) is 0 Å². The molecule has 2 unspecified atom stereocenters. The Labute approximate surface area is 107 Å². The van der Waals surface area contributed by atoms with E-state index in [0.717, 1.165) is 31.2 Å². The van der Waals surface area contributed by atoms with Crippen molar-refractivity contribution in [1.82, 2.24) is 4.98 Å². The molecule has 1 aliphatic carbocycles. The Morgan fingerprint density at radius 1 is 1.53 bits per heavy atom. The maximum Gasteiger partial charge on any atom is 0.136 e. The van der Waals surface area contributed by atoms with E-state index in [2.05, 4.69) is 11.9 Å². The summed E-state index contributed by atoms with van der Waals surface area (Å²) in [7, 11) is 0. The molecular formula is C14H18ClNO. The topological polar surface area (TPSA) is 30.0 Å². The van der Waals surface area contributed by atoms with E-state index in [1.807, 2.05) is 6.07 Å². The molecule has 0 N–H and O–H groups in total. The maximum absolute atomic E-state index is 11.9. The third-order valence-corrected chi connectivity index (χ3v) is 4.11. The number of pyridine rings is 1. The fourth-order valence-corrected chi connectivity index (χ4v) is 2.80. The van der Waals surface area contributed by atoms with Gasteiger partial charge in [-0.25, -0.2) is 0 Å². The summed E-state index contributed by atoms with van der Waals surface area (Å²) in [6.45, 7) is 2.21. The zero-order valence-corrected chi connectivity index (χ0v) is 10.9. The Hall–Kier alpha value is -0.890. The SMILES string of the molecule is CCC1CCC(=O)C(Cc2ccncc2Cl)C1. The van der Waals surface area contributed by atoms with E-state index in [-0.39, 0.29) is 5.92 Å². The Morgan fingerprint density at radius 3 is 3.06 bits per heavy atom. The molecule has 0 aliphatic heterocycles. The summed E-state index contributed by atoms with van der Waals surface area (Å²) in [6.07, 6.45) is 8.17. The highest BCUT2D eigenvalue weighted by atomic mass is 35.5. The van der Waals surface area contributed by atoms with Gasteiger partial charge in [0.25, 0.3) is 0 Å². The van der Waals surface area contributed by atoms with E-state index >= 15 is 0 Å². The average molecular weight is 252 g/mol. The van der Waals surface area contributed by atoms with Crippen LogP contribution < -0.4 is 0 Å². The standard InChI is InChI=1S/C14H18ClNO/c1-2-10-3-4-14(17)12(7-10)8-11-5-6-16-9-13(11)15/h5-6,9-10,12H,2-4,7-8H2,1H3. The molecule has 17 heavy (non-hydrogen) atoms. The second-order valence-electron chi connectivity index (χ2n) is 4.88. The van der Waals surface area contributed by atoms with Gasteiger partial charge in [0.15, 0.2) is 0 Å². The van der Waals surface area contributed by atoms with Gasteiger partial charge in [-0.05, 0) is 36.8 Å². The Kier molecular flexibility index (Phi) is 4.16. The average Bonchev–Trinajstić information content (AvgIpc) is 2.35. The van der Waals surface area contributed by atoms with Gasteiger partial charge in [0, 0.05) is 24.7 Å². The molecule has 0 spiro atoms. The molecule has 1 aromatic heterocycles. The van der Waals surface area contributed by atoms with Crippen molar-refractivity contribution in [1.29, 1.82) is 0 Å². The van der Waals surface area contributed by atoms with Crippen LogP contribution in [0.15, 0.2) is 18.5 Å². The first-order valence-corrected chi connectivity index (χ1v) is 6.69. The fourth-order valence-electron chi connectivity index (χ4n) is 2.61. The van der Waals surface area contributed by atoms with E-state index in [0.29, 0.717) is 16.7 Å². The van der Waals surface area contributed by atoms with Crippen LogP contribution in [0.2, 0.25) is 5.02 Å². The van der Waals surface area contributed by atoms with Gasteiger partial charge in [0.05, 0.1) is 5.02 Å². The maximum atomic E-state index is 11.9. The largest absolute Gasteiger partial charge is 0.299 e. The fraction of sp³-hybridized carbons (Fsp3) is 0.571. The van der Waals surface area contributed by atoms with Crippen LogP contribution in [0.4, 0.5) is 0 Å². The molecule has 0 saturated heterocycles. The summed E-state index contributed by atoms with van der Waals surface area (Å²) in [6, 6.07) is 1.92. The number of hydrogen-bond donors (Lipinski definition) is 0. The zero-order chi connectivity index (χ0) is 12.3. The monoisotopic (exact) mass is 251 g/mol. The lowest BCUT2D eigenvalue weighted by Crippen LogP contribution is -2.26. The van der Waals surface area contributed by atoms with Crippen molar-refractivity contribution in [3.8, 4) is 0 Å². The summed E-state index contributed by atoms with van der Waals surface area (Å²) in [5.41, 5.74) is 1.05. The molecule has 0 aromatic carbocycles. The van der Waals surface area contributed by atoms with E-state index in [4.69, 9.17) is 11.6 Å². The third-order valence-electron chi connectivity index (χ3n) is 3.77. The predicted octanol–water partition coefficient (Wildman–Crippen LogP) is 3.67. The van der Waals surface area contributed by atoms with Gasteiger partial charge in [-0.3, -0.25) is 9.78 Å².